The minimum Gasteiger partial charge on any atom is -0.351 e. The van der Waals surface area contributed by atoms with Crippen molar-refractivity contribution in [3.8, 4) is 0 Å². The maximum absolute atomic E-state index is 12.0. The summed E-state index contributed by atoms with van der Waals surface area (Å²) in [6.45, 7) is 7.62. The van der Waals surface area contributed by atoms with Crippen LogP contribution >= 0.6 is 0 Å². The lowest BCUT2D eigenvalue weighted by Crippen LogP contribution is -2.44. The molecule has 1 amide bonds. The third-order valence-electron chi connectivity index (χ3n) is 3.97. The molecule has 108 valence electrons. The lowest BCUT2D eigenvalue weighted by atomic mass is 9.95. The Morgan fingerprint density at radius 2 is 2.20 bits per heavy atom. The summed E-state index contributed by atoms with van der Waals surface area (Å²) in [7, 11) is 0. The van der Waals surface area contributed by atoms with Gasteiger partial charge in [-0.05, 0) is 12.5 Å². The van der Waals surface area contributed by atoms with Gasteiger partial charge < -0.3 is 11.1 Å². The molecule has 2 rings (SSSR count). The van der Waals surface area contributed by atoms with E-state index in [1.807, 2.05) is 25.1 Å². The summed E-state index contributed by atoms with van der Waals surface area (Å²) in [6.07, 6.45) is 1.69. The number of hydrogen-bond donors (Lipinski definition) is 2. The van der Waals surface area contributed by atoms with Crippen LogP contribution in [0.25, 0.3) is 0 Å². The monoisotopic (exact) mass is 273 g/mol. The first kappa shape index (κ1) is 14.8. The van der Waals surface area contributed by atoms with Crippen LogP contribution in [0.3, 0.4) is 0 Å². The molecule has 1 unspecified atom stereocenters. The van der Waals surface area contributed by atoms with Crippen molar-refractivity contribution in [2.45, 2.75) is 24.9 Å². The average Bonchev–Trinajstić information content (AvgIpc) is 2.86. The van der Waals surface area contributed by atoms with E-state index in [4.69, 9.17) is 5.73 Å². The van der Waals surface area contributed by atoms with Crippen molar-refractivity contribution in [3.63, 3.8) is 0 Å². The number of rotatable bonds is 5. The molecule has 3 atom stereocenters. The summed E-state index contributed by atoms with van der Waals surface area (Å²) in [4.78, 5) is 14.2. The summed E-state index contributed by atoms with van der Waals surface area (Å²) in [5, 5.41) is 2.84. The second-order valence-corrected chi connectivity index (χ2v) is 5.34. The van der Waals surface area contributed by atoms with Crippen LogP contribution in [0, 0.1) is 0 Å². The third kappa shape index (κ3) is 3.26. The van der Waals surface area contributed by atoms with Crippen molar-refractivity contribution in [1.29, 1.82) is 0 Å². The Morgan fingerprint density at radius 3 is 2.85 bits per heavy atom. The Balaban J connectivity index is 1.99. The highest BCUT2D eigenvalue weighted by Gasteiger charge is 2.35. The summed E-state index contributed by atoms with van der Waals surface area (Å²) < 4.78 is 0. The molecule has 1 heterocycles. The Labute approximate surface area is 120 Å². The van der Waals surface area contributed by atoms with Crippen molar-refractivity contribution in [3.05, 3.63) is 48.6 Å². The first-order chi connectivity index (χ1) is 9.63. The molecule has 0 aliphatic carbocycles. The molecule has 4 heteroatoms. The molecular formula is C16H23N3O. The van der Waals surface area contributed by atoms with E-state index in [0.717, 1.165) is 13.1 Å². The lowest BCUT2D eigenvalue weighted by Gasteiger charge is -2.23. The molecule has 3 N–H and O–H groups in total. The van der Waals surface area contributed by atoms with Crippen molar-refractivity contribution >= 4 is 5.91 Å². The van der Waals surface area contributed by atoms with Crippen LogP contribution in [-0.4, -0.2) is 42.5 Å². The molecule has 4 nitrogen and oxygen atoms in total. The number of hydrogen-bond acceptors (Lipinski definition) is 3. The van der Waals surface area contributed by atoms with E-state index < -0.39 is 0 Å². The fourth-order valence-corrected chi connectivity index (χ4v) is 2.72. The van der Waals surface area contributed by atoms with Gasteiger partial charge in [0.25, 0.3) is 0 Å². The van der Waals surface area contributed by atoms with Gasteiger partial charge in [0.05, 0.1) is 6.04 Å². The lowest BCUT2D eigenvalue weighted by molar-refractivity contribution is -0.125. The molecular weight excluding hydrogens is 250 g/mol. The van der Waals surface area contributed by atoms with Crippen LogP contribution in [0.5, 0.6) is 0 Å². The number of nitrogens with two attached hydrogens (primary N) is 1. The summed E-state index contributed by atoms with van der Waals surface area (Å²) in [5.74, 6) is 0.330. The summed E-state index contributed by atoms with van der Waals surface area (Å²) >= 11 is 0. The summed E-state index contributed by atoms with van der Waals surface area (Å²) in [6, 6.07) is 10.2. The number of nitrogens with one attached hydrogen (secondary N) is 1. The molecule has 1 aromatic rings. The fourth-order valence-electron chi connectivity index (χ4n) is 2.72. The number of carbonyl (C=O) groups excluding carboxylic acids is 1. The van der Waals surface area contributed by atoms with Crippen LogP contribution in [0.4, 0.5) is 0 Å². The van der Waals surface area contributed by atoms with Crippen LogP contribution in [0.1, 0.15) is 18.4 Å². The van der Waals surface area contributed by atoms with E-state index in [-0.39, 0.29) is 18.0 Å². The predicted octanol–water partition coefficient (Wildman–Crippen LogP) is 1.10. The third-order valence-corrected chi connectivity index (χ3v) is 3.97. The van der Waals surface area contributed by atoms with Gasteiger partial charge in [-0.2, -0.15) is 0 Å². The molecule has 1 aliphatic heterocycles. The van der Waals surface area contributed by atoms with E-state index in [2.05, 4.69) is 28.9 Å². The van der Waals surface area contributed by atoms with E-state index in [9.17, 15) is 4.79 Å². The quantitative estimate of drug-likeness (QED) is 0.790. The van der Waals surface area contributed by atoms with Gasteiger partial charge in [-0.1, -0.05) is 36.4 Å². The maximum Gasteiger partial charge on any atom is 0.237 e. The summed E-state index contributed by atoms with van der Waals surface area (Å²) in [5.41, 5.74) is 7.50. The van der Waals surface area contributed by atoms with Crippen molar-refractivity contribution < 1.29 is 4.79 Å². The predicted molar refractivity (Wildman–Crippen MR) is 81.4 cm³/mol. The van der Waals surface area contributed by atoms with E-state index in [1.54, 1.807) is 6.08 Å². The molecule has 1 saturated heterocycles. The molecule has 1 aromatic carbocycles. The van der Waals surface area contributed by atoms with Gasteiger partial charge in [-0.25, -0.2) is 0 Å². The number of nitrogens with zero attached hydrogens (tertiary/aromatic N) is 1. The van der Waals surface area contributed by atoms with Crippen molar-refractivity contribution in [1.82, 2.24) is 10.2 Å². The first-order valence-corrected chi connectivity index (χ1v) is 7.06. The van der Waals surface area contributed by atoms with Crippen LogP contribution < -0.4 is 11.1 Å². The Bertz CT molecular complexity index is 460. The largest absolute Gasteiger partial charge is 0.351 e. The molecule has 1 aliphatic rings. The Morgan fingerprint density at radius 1 is 1.50 bits per heavy atom. The second-order valence-electron chi connectivity index (χ2n) is 5.34. The van der Waals surface area contributed by atoms with Crippen LogP contribution in [0.2, 0.25) is 0 Å². The van der Waals surface area contributed by atoms with Crippen molar-refractivity contribution in [2.75, 3.05) is 19.6 Å². The highest BCUT2D eigenvalue weighted by atomic mass is 16.2. The molecule has 0 bridgehead atoms. The van der Waals surface area contributed by atoms with E-state index in [0.29, 0.717) is 12.5 Å². The van der Waals surface area contributed by atoms with E-state index in [1.165, 1.54) is 5.56 Å². The van der Waals surface area contributed by atoms with Crippen molar-refractivity contribution in [2.24, 2.45) is 5.73 Å². The van der Waals surface area contributed by atoms with Gasteiger partial charge in [0.15, 0.2) is 0 Å². The molecule has 0 aromatic heterocycles. The van der Waals surface area contributed by atoms with Gasteiger partial charge >= 0.3 is 0 Å². The van der Waals surface area contributed by atoms with Gasteiger partial charge in [0.2, 0.25) is 5.91 Å². The smallest absolute Gasteiger partial charge is 0.237 e. The molecule has 0 radical (unpaired) electrons. The van der Waals surface area contributed by atoms with Gasteiger partial charge in [-0.3, -0.25) is 9.69 Å². The highest BCUT2D eigenvalue weighted by Crippen LogP contribution is 2.27. The molecule has 1 fully saturated rings. The fraction of sp³-hybridized carbons (Fsp3) is 0.438. The maximum atomic E-state index is 12.0. The topological polar surface area (TPSA) is 58.4 Å². The minimum absolute atomic E-state index is 0.0332. The Kier molecular flexibility index (Phi) is 4.93. The van der Waals surface area contributed by atoms with Crippen LogP contribution in [0.15, 0.2) is 43.0 Å². The van der Waals surface area contributed by atoms with Crippen LogP contribution in [-0.2, 0) is 4.79 Å². The normalized spacial score (nSPS) is 24.3. The second kappa shape index (κ2) is 6.68. The van der Waals surface area contributed by atoms with E-state index >= 15 is 0 Å². The SMILES string of the molecule is C=CCNC(=O)C(C)N1C[C@@H](N)[C@H](c2ccccc2)C1. The molecule has 0 spiro atoms. The average molecular weight is 273 g/mol. The number of amides is 1. The first-order valence-electron chi connectivity index (χ1n) is 7.06. The zero-order valence-electron chi connectivity index (χ0n) is 12.0. The number of carbonyl (C=O) groups is 1. The highest BCUT2D eigenvalue weighted by molar-refractivity contribution is 5.81. The van der Waals surface area contributed by atoms with Gasteiger partial charge in [0, 0.05) is 31.6 Å². The van der Waals surface area contributed by atoms with Gasteiger partial charge in [0.1, 0.15) is 0 Å². The molecule has 0 saturated carbocycles. The minimum atomic E-state index is -0.158. The number of likely N-dealkylation sites (tertiary alicyclic amines) is 1. The zero-order valence-corrected chi connectivity index (χ0v) is 12.0. The zero-order chi connectivity index (χ0) is 14.5. The Hall–Kier alpha value is -1.65. The standard InChI is InChI=1S/C16H23N3O/c1-3-9-18-16(20)12(2)19-10-14(15(17)11-19)13-7-5-4-6-8-13/h3-8,12,14-15H,1,9-11,17H2,2H3,(H,18,20)/t12?,14-,15+/m0/s1. The number of benzene rings is 1. The van der Waals surface area contributed by atoms with Gasteiger partial charge in [-0.15, -0.1) is 6.58 Å². The molecule has 20 heavy (non-hydrogen) atoms.